The minimum absolute atomic E-state index is 0.0203. The molecule has 0 aliphatic heterocycles. The van der Waals surface area contributed by atoms with E-state index in [0.717, 1.165) is 16.9 Å². The molecule has 1 N–H and O–H groups in total. The molecule has 0 spiro atoms. The number of hydrogen-bond acceptors (Lipinski definition) is 3. The third-order valence-corrected chi connectivity index (χ3v) is 5.75. The van der Waals surface area contributed by atoms with Gasteiger partial charge in [0.25, 0.3) is 0 Å². The second kappa shape index (κ2) is 12.3. The Labute approximate surface area is 179 Å². The molecule has 0 bridgehead atoms. The summed E-state index contributed by atoms with van der Waals surface area (Å²) >= 11 is 1.67. The highest BCUT2D eigenvalue weighted by atomic mass is 32.2. The second-order valence-electron chi connectivity index (χ2n) is 7.13. The fourth-order valence-electron chi connectivity index (χ4n) is 3.10. The van der Waals surface area contributed by atoms with Gasteiger partial charge in [0.05, 0.1) is 0 Å². The lowest BCUT2D eigenvalue weighted by molar-refractivity contribution is -0.141. The maximum atomic E-state index is 13.1. The fourth-order valence-corrected chi connectivity index (χ4v) is 3.94. The van der Waals surface area contributed by atoms with E-state index in [0.29, 0.717) is 31.7 Å². The minimum atomic E-state index is -0.446. The number of hydrogen-bond donors (Lipinski definition) is 1. The van der Waals surface area contributed by atoms with E-state index in [1.807, 2.05) is 44.2 Å². The van der Waals surface area contributed by atoms with Crippen molar-refractivity contribution in [3.05, 3.63) is 65.7 Å². The molecule has 2 rings (SSSR count). The zero-order valence-corrected chi connectivity index (χ0v) is 18.5. The molecule has 0 aliphatic carbocycles. The Bertz CT molecular complexity index is 762. The summed E-state index contributed by atoms with van der Waals surface area (Å²) in [6.07, 6.45) is 1.88. The van der Waals surface area contributed by atoms with E-state index >= 15 is 0 Å². The third kappa shape index (κ3) is 7.58. The van der Waals surface area contributed by atoms with Gasteiger partial charge in [-0.1, -0.05) is 61.9 Å². The number of carbonyl (C=O) groups is 2. The van der Waals surface area contributed by atoms with E-state index < -0.39 is 6.04 Å². The summed E-state index contributed by atoms with van der Waals surface area (Å²) in [4.78, 5) is 28.7. The molecule has 0 saturated carbocycles. The Balaban J connectivity index is 2.06. The predicted octanol–water partition coefficient (Wildman–Crippen LogP) is 4.81. The maximum Gasteiger partial charge on any atom is 0.242 e. The first-order valence-corrected chi connectivity index (χ1v) is 11.3. The van der Waals surface area contributed by atoms with Gasteiger partial charge in [-0.2, -0.15) is 0 Å². The van der Waals surface area contributed by atoms with Crippen molar-refractivity contribution >= 4 is 23.6 Å². The van der Waals surface area contributed by atoms with Crippen LogP contribution in [0.2, 0.25) is 0 Å². The van der Waals surface area contributed by atoms with Crippen LogP contribution in [0.1, 0.15) is 44.2 Å². The SMILES string of the molecule is CCCNC(=O)[C@@H](CC)N(Cc1ccccc1)C(=O)CCSc1ccc(C)cc1. The minimum Gasteiger partial charge on any atom is -0.354 e. The highest BCUT2D eigenvalue weighted by Gasteiger charge is 2.28. The molecular formula is C24H32N2O2S. The molecule has 4 nitrogen and oxygen atoms in total. The summed E-state index contributed by atoms with van der Waals surface area (Å²) < 4.78 is 0. The molecule has 156 valence electrons. The zero-order chi connectivity index (χ0) is 21.1. The van der Waals surface area contributed by atoms with Crippen LogP contribution in [-0.4, -0.2) is 35.1 Å². The largest absolute Gasteiger partial charge is 0.354 e. The number of rotatable bonds is 11. The van der Waals surface area contributed by atoms with Gasteiger partial charge >= 0.3 is 0 Å². The van der Waals surface area contributed by atoms with Gasteiger partial charge in [-0.3, -0.25) is 9.59 Å². The van der Waals surface area contributed by atoms with E-state index in [-0.39, 0.29) is 11.8 Å². The van der Waals surface area contributed by atoms with Gasteiger partial charge in [0.15, 0.2) is 0 Å². The van der Waals surface area contributed by atoms with Crippen LogP contribution < -0.4 is 5.32 Å². The lowest BCUT2D eigenvalue weighted by atomic mass is 10.1. The molecular weight excluding hydrogens is 380 g/mol. The molecule has 5 heteroatoms. The van der Waals surface area contributed by atoms with Crippen molar-refractivity contribution in [2.45, 2.75) is 57.5 Å². The lowest BCUT2D eigenvalue weighted by Gasteiger charge is -2.30. The van der Waals surface area contributed by atoms with Crippen LogP contribution in [0.5, 0.6) is 0 Å². The van der Waals surface area contributed by atoms with E-state index in [1.54, 1.807) is 16.7 Å². The standard InChI is InChI=1S/C24H32N2O2S/c1-4-16-25-24(28)22(5-2)26(18-20-9-7-6-8-10-20)23(27)15-17-29-21-13-11-19(3)12-14-21/h6-14,22H,4-5,15-18H2,1-3H3,(H,25,28)/t22-/m1/s1. The highest BCUT2D eigenvalue weighted by molar-refractivity contribution is 7.99. The van der Waals surface area contributed by atoms with Crippen molar-refractivity contribution in [2.24, 2.45) is 0 Å². The van der Waals surface area contributed by atoms with Gasteiger partial charge in [0.1, 0.15) is 6.04 Å². The maximum absolute atomic E-state index is 13.1. The van der Waals surface area contributed by atoms with Crippen LogP contribution in [-0.2, 0) is 16.1 Å². The average Bonchev–Trinajstić information content (AvgIpc) is 2.74. The molecule has 0 aliphatic rings. The topological polar surface area (TPSA) is 49.4 Å². The molecule has 0 unspecified atom stereocenters. The zero-order valence-electron chi connectivity index (χ0n) is 17.7. The first-order valence-electron chi connectivity index (χ1n) is 10.4. The Hall–Kier alpha value is -2.27. The van der Waals surface area contributed by atoms with Gasteiger partial charge in [-0.25, -0.2) is 0 Å². The van der Waals surface area contributed by atoms with Gasteiger partial charge in [0.2, 0.25) is 11.8 Å². The summed E-state index contributed by atoms with van der Waals surface area (Å²) in [5.41, 5.74) is 2.26. The van der Waals surface area contributed by atoms with Gasteiger partial charge < -0.3 is 10.2 Å². The van der Waals surface area contributed by atoms with Crippen molar-refractivity contribution in [1.29, 1.82) is 0 Å². The second-order valence-corrected chi connectivity index (χ2v) is 8.30. The molecule has 0 radical (unpaired) electrons. The van der Waals surface area contributed by atoms with Crippen molar-refractivity contribution in [1.82, 2.24) is 10.2 Å². The Morgan fingerprint density at radius 3 is 2.34 bits per heavy atom. The lowest BCUT2D eigenvalue weighted by Crippen LogP contribution is -2.49. The molecule has 2 aromatic rings. The number of amides is 2. The highest BCUT2D eigenvalue weighted by Crippen LogP contribution is 2.21. The summed E-state index contributed by atoms with van der Waals surface area (Å²) in [7, 11) is 0. The van der Waals surface area contributed by atoms with Gasteiger partial charge in [-0.05, 0) is 37.5 Å². The molecule has 0 fully saturated rings. The van der Waals surface area contributed by atoms with Gasteiger partial charge in [0, 0.05) is 30.2 Å². The monoisotopic (exact) mass is 412 g/mol. The molecule has 0 aromatic heterocycles. The number of thioether (sulfide) groups is 1. The average molecular weight is 413 g/mol. The van der Waals surface area contributed by atoms with Crippen LogP contribution >= 0.6 is 11.8 Å². The van der Waals surface area contributed by atoms with E-state index in [1.165, 1.54) is 5.56 Å². The van der Waals surface area contributed by atoms with Crippen LogP contribution in [0.15, 0.2) is 59.5 Å². The van der Waals surface area contributed by atoms with Crippen molar-refractivity contribution < 1.29 is 9.59 Å². The molecule has 0 heterocycles. The van der Waals surface area contributed by atoms with E-state index in [9.17, 15) is 9.59 Å². The summed E-state index contributed by atoms with van der Waals surface area (Å²) in [5, 5.41) is 2.95. The van der Waals surface area contributed by atoms with Crippen molar-refractivity contribution in [3.63, 3.8) is 0 Å². The smallest absolute Gasteiger partial charge is 0.242 e. The number of aryl methyl sites for hydroxylation is 1. The number of nitrogens with one attached hydrogen (secondary N) is 1. The van der Waals surface area contributed by atoms with Crippen molar-refractivity contribution in [3.8, 4) is 0 Å². The van der Waals surface area contributed by atoms with E-state index in [4.69, 9.17) is 0 Å². The first kappa shape index (κ1) is 23.0. The summed E-state index contributed by atoms with van der Waals surface area (Å²) in [5.74, 6) is 0.650. The van der Waals surface area contributed by atoms with Crippen LogP contribution in [0.4, 0.5) is 0 Å². The Morgan fingerprint density at radius 1 is 1.03 bits per heavy atom. The number of nitrogens with zero attached hydrogens (tertiary/aromatic N) is 1. The Morgan fingerprint density at radius 2 is 1.72 bits per heavy atom. The fraction of sp³-hybridized carbons (Fsp3) is 0.417. The van der Waals surface area contributed by atoms with Crippen LogP contribution in [0.3, 0.4) is 0 Å². The molecule has 0 saturated heterocycles. The predicted molar refractivity (Wildman–Crippen MR) is 121 cm³/mol. The first-order chi connectivity index (χ1) is 14.0. The molecule has 1 atom stereocenters. The van der Waals surface area contributed by atoms with Crippen LogP contribution in [0, 0.1) is 6.92 Å². The number of carbonyl (C=O) groups excluding carboxylic acids is 2. The normalized spacial score (nSPS) is 11.7. The summed E-state index contributed by atoms with van der Waals surface area (Å²) in [6, 6.07) is 17.8. The van der Waals surface area contributed by atoms with E-state index in [2.05, 4.69) is 36.5 Å². The Kier molecular flexibility index (Phi) is 9.78. The van der Waals surface area contributed by atoms with Crippen LogP contribution in [0.25, 0.3) is 0 Å². The number of benzene rings is 2. The summed E-state index contributed by atoms with van der Waals surface area (Å²) in [6.45, 7) is 7.13. The molecule has 2 aromatic carbocycles. The quantitative estimate of drug-likeness (QED) is 0.539. The van der Waals surface area contributed by atoms with Crippen molar-refractivity contribution in [2.75, 3.05) is 12.3 Å². The molecule has 29 heavy (non-hydrogen) atoms. The molecule has 2 amide bonds. The van der Waals surface area contributed by atoms with Gasteiger partial charge in [-0.15, -0.1) is 11.8 Å². The third-order valence-electron chi connectivity index (χ3n) is 4.74.